The Morgan fingerprint density at radius 1 is 1.42 bits per heavy atom. The van der Waals surface area contributed by atoms with Crippen molar-refractivity contribution < 1.29 is 19.4 Å². The number of anilines is 1. The topological polar surface area (TPSA) is 105 Å². The van der Waals surface area contributed by atoms with Gasteiger partial charge in [-0.2, -0.15) is 0 Å². The number of halogens is 1. The third-order valence-corrected chi connectivity index (χ3v) is 6.20. The Morgan fingerprint density at radius 2 is 2.13 bits per heavy atom. The number of carbonyl (C=O) groups excluding carboxylic acids is 2. The third-order valence-electron chi connectivity index (χ3n) is 4.72. The molecule has 1 aliphatic heterocycles. The molecule has 0 radical (unpaired) electrons. The van der Waals surface area contributed by atoms with Crippen LogP contribution in [0, 0.1) is 0 Å². The molecule has 0 bridgehead atoms. The van der Waals surface area contributed by atoms with Crippen molar-refractivity contribution in [3.63, 3.8) is 0 Å². The molecule has 168 valence electrons. The van der Waals surface area contributed by atoms with Gasteiger partial charge in [-0.1, -0.05) is 11.6 Å². The molecule has 31 heavy (non-hydrogen) atoms. The normalized spacial score (nSPS) is 16.0. The van der Waals surface area contributed by atoms with Crippen LogP contribution in [-0.4, -0.2) is 62.7 Å². The van der Waals surface area contributed by atoms with Gasteiger partial charge in [-0.25, -0.2) is 14.8 Å². The molecule has 0 saturated heterocycles. The molecule has 0 fully saturated rings. The highest BCUT2D eigenvalue weighted by atomic mass is 35.5. The van der Waals surface area contributed by atoms with Crippen LogP contribution in [0.4, 0.5) is 5.95 Å². The zero-order valence-corrected chi connectivity index (χ0v) is 19.8. The Kier molecular flexibility index (Phi) is 6.88. The molecular formula is C21H27ClN4O4S. The molecule has 8 nitrogen and oxygen atoms in total. The first-order chi connectivity index (χ1) is 14.5. The van der Waals surface area contributed by atoms with Crippen molar-refractivity contribution in [2.75, 3.05) is 18.5 Å². The summed E-state index contributed by atoms with van der Waals surface area (Å²) in [5.74, 6) is -0.286. The number of fused-ring (bicyclic) bond motifs is 1. The number of aromatic nitrogens is 2. The van der Waals surface area contributed by atoms with Crippen LogP contribution in [0.2, 0.25) is 5.02 Å². The predicted molar refractivity (Wildman–Crippen MR) is 121 cm³/mol. The van der Waals surface area contributed by atoms with Crippen molar-refractivity contribution in [2.24, 2.45) is 0 Å². The molecule has 1 amide bonds. The number of nitrogens with zero attached hydrogens (tertiary/aromatic N) is 3. The van der Waals surface area contributed by atoms with E-state index in [1.54, 1.807) is 45.6 Å². The largest absolute Gasteiger partial charge is 0.458 e. The highest BCUT2D eigenvalue weighted by Gasteiger charge is 2.35. The van der Waals surface area contributed by atoms with E-state index >= 15 is 0 Å². The summed E-state index contributed by atoms with van der Waals surface area (Å²) >= 11 is 7.79. The Morgan fingerprint density at radius 3 is 2.77 bits per heavy atom. The lowest BCUT2D eigenvalue weighted by atomic mass is 10.1. The summed E-state index contributed by atoms with van der Waals surface area (Å²) in [7, 11) is 0. The minimum atomic E-state index is -0.679. The van der Waals surface area contributed by atoms with E-state index in [1.807, 2.05) is 0 Å². The van der Waals surface area contributed by atoms with Gasteiger partial charge in [0.15, 0.2) is 0 Å². The second-order valence-corrected chi connectivity index (χ2v) is 10.1. The molecule has 1 aliphatic rings. The average Bonchev–Trinajstić information content (AvgIpc) is 3.13. The zero-order chi connectivity index (χ0) is 22.9. The molecule has 2 atom stereocenters. The highest BCUT2D eigenvalue weighted by molar-refractivity contribution is 7.16. The van der Waals surface area contributed by atoms with Crippen LogP contribution in [0.1, 0.15) is 49.9 Å². The van der Waals surface area contributed by atoms with Gasteiger partial charge in [0.2, 0.25) is 5.95 Å². The number of aliphatic hydroxyl groups is 1. The molecule has 3 heterocycles. The number of rotatable bonds is 6. The van der Waals surface area contributed by atoms with Crippen LogP contribution in [0.5, 0.6) is 0 Å². The van der Waals surface area contributed by atoms with Gasteiger partial charge in [-0.15, -0.1) is 11.3 Å². The number of thiophene rings is 1. The van der Waals surface area contributed by atoms with Gasteiger partial charge in [0.25, 0.3) is 5.91 Å². The summed E-state index contributed by atoms with van der Waals surface area (Å²) in [6.45, 7) is 9.27. The molecule has 0 aromatic carbocycles. The van der Waals surface area contributed by atoms with Gasteiger partial charge in [0.1, 0.15) is 17.3 Å². The monoisotopic (exact) mass is 466 g/mol. The number of carbonyl (C=O) groups is 2. The molecule has 0 spiro atoms. The van der Waals surface area contributed by atoms with Gasteiger partial charge in [0.05, 0.1) is 28.3 Å². The van der Waals surface area contributed by atoms with Gasteiger partial charge in [-0.3, -0.25) is 4.79 Å². The maximum atomic E-state index is 13.1. The Balaban J connectivity index is 1.85. The molecule has 0 aliphatic carbocycles. The first kappa shape index (κ1) is 23.4. The highest BCUT2D eigenvalue weighted by Crippen LogP contribution is 2.37. The lowest BCUT2D eigenvalue weighted by molar-refractivity contribution is -0.159. The van der Waals surface area contributed by atoms with Crippen molar-refractivity contribution in [3.8, 4) is 10.6 Å². The number of esters is 1. The average molecular weight is 467 g/mol. The third kappa shape index (κ3) is 5.34. The van der Waals surface area contributed by atoms with Crippen LogP contribution in [-0.2, 0) is 16.0 Å². The van der Waals surface area contributed by atoms with Crippen molar-refractivity contribution in [1.29, 1.82) is 0 Å². The van der Waals surface area contributed by atoms with Crippen molar-refractivity contribution in [1.82, 2.24) is 14.9 Å². The summed E-state index contributed by atoms with van der Waals surface area (Å²) in [5, 5.41) is 12.6. The quantitative estimate of drug-likeness (QED) is 0.628. The van der Waals surface area contributed by atoms with Gasteiger partial charge in [-0.05, 0) is 40.7 Å². The minimum absolute atomic E-state index is 0.0607. The number of hydrogen-bond acceptors (Lipinski definition) is 8. The number of ether oxygens (including phenoxy) is 1. The summed E-state index contributed by atoms with van der Waals surface area (Å²) in [5.41, 5.74) is 0.450. The van der Waals surface area contributed by atoms with Crippen LogP contribution in [0.25, 0.3) is 10.6 Å². The zero-order valence-electron chi connectivity index (χ0n) is 18.2. The summed E-state index contributed by atoms with van der Waals surface area (Å²) < 4.78 is 5.44. The fourth-order valence-corrected chi connectivity index (χ4v) is 4.54. The Labute approximate surface area is 190 Å². The maximum Gasteiger partial charge on any atom is 0.329 e. The first-order valence-electron chi connectivity index (χ1n) is 10.1. The van der Waals surface area contributed by atoms with E-state index < -0.39 is 17.6 Å². The van der Waals surface area contributed by atoms with E-state index in [2.05, 4.69) is 15.3 Å². The van der Waals surface area contributed by atoms with Crippen LogP contribution < -0.4 is 5.32 Å². The van der Waals surface area contributed by atoms with E-state index in [0.29, 0.717) is 35.2 Å². The number of nitrogens with one attached hydrogen (secondary N) is 1. The van der Waals surface area contributed by atoms with Gasteiger partial charge in [0, 0.05) is 23.9 Å². The van der Waals surface area contributed by atoms with Crippen LogP contribution in [0.15, 0.2) is 12.3 Å². The smallest absolute Gasteiger partial charge is 0.329 e. The summed E-state index contributed by atoms with van der Waals surface area (Å²) in [6, 6.07) is 0.876. The SMILES string of the molecule is CC(C(=O)OC(C)(C)C)N1CCc2sc(-c3nc(N[C@@H](C)CO)ncc3Cl)cc2C1=O. The Bertz CT molecular complexity index is 988. The lowest BCUT2D eigenvalue weighted by Crippen LogP contribution is -2.48. The van der Waals surface area contributed by atoms with Crippen LogP contribution >= 0.6 is 22.9 Å². The van der Waals surface area contributed by atoms with E-state index in [1.165, 1.54) is 17.5 Å². The molecular weight excluding hydrogens is 440 g/mol. The minimum Gasteiger partial charge on any atom is -0.458 e. The summed E-state index contributed by atoms with van der Waals surface area (Å²) in [6.07, 6.45) is 2.13. The molecule has 0 saturated carbocycles. The predicted octanol–water partition coefficient (Wildman–Crippen LogP) is 3.38. The first-order valence-corrected chi connectivity index (χ1v) is 11.3. The molecule has 10 heteroatoms. The molecule has 1 unspecified atom stereocenters. The Hall–Kier alpha value is -2.23. The molecule has 3 rings (SSSR count). The number of hydrogen-bond donors (Lipinski definition) is 2. The van der Waals surface area contributed by atoms with E-state index in [0.717, 1.165) is 9.75 Å². The maximum absolute atomic E-state index is 13.1. The number of amides is 1. The van der Waals surface area contributed by atoms with Crippen LogP contribution in [0.3, 0.4) is 0 Å². The van der Waals surface area contributed by atoms with E-state index in [-0.39, 0.29) is 18.6 Å². The molecule has 2 aromatic heterocycles. The standard InChI is InChI=1S/C21H27ClN4O4S/c1-11(10-27)24-20-23-9-14(22)17(25-20)16-8-13-15(31-16)6-7-26(18(13)28)12(2)19(29)30-21(3,4)5/h8-9,11-12,27H,6-7,10H2,1-5H3,(H,23,24,25)/t11-,12?/m0/s1. The molecule has 2 N–H and O–H groups in total. The lowest BCUT2D eigenvalue weighted by Gasteiger charge is -2.32. The van der Waals surface area contributed by atoms with Crippen molar-refractivity contribution >= 4 is 40.8 Å². The molecule has 2 aromatic rings. The van der Waals surface area contributed by atoms with Gasteiger partial charge < -0.3 is 20.1 Å². The number of aliphatic hydroxyl groups excluding tert-OH is 1. The van der Waals surface area contributed by atoms with Crippen molar-refractivity contribution in [2.45, 2.75) is 58.7 Å². The summed E-state index contributed by atoms with van der Waals surface area (Å²) in [4.78, 5) is 37.4. The fourth-order valence-electron chi connectivity index (χ4n) is 3.15. The van der Waals surface area contributed by atoms with Gasteiger partial charge >= 0.3 is 5.97 Å². The van der Waals surface area contributed by atoms with E-state index in [9.17, 15) is 14.7 Å². The van der Waals surface area contributed by atoms with Crippen molar-refractivity contribution in [3.05, 3.63) is 27.7 Å². The second-order valence-electron chi connectivity index (χ2n) is 8.52. The second kappa shape index (κ2) is 9.10. The van der Waals surface area contributed by atoms with E-state index in [4.69, 9.17) is 16.3 Å². The fraction of sp³-hybridized carbons (Fsp3) is 0.524.